The van der Waals surface area contributed by atoms with Crippen molar-refractivity contribution in [1.82, 2.24) is 10.3 Å². The van der Waals surface area contributed by atoms with E-state index in [4.69, 9.17) is 4.98 Å². The van der Waals surface area contributed by atoms with E-state index >= 15 is 0 Å². The molecule has 2 heterocycles. The van der Waals surface area contributed by atoms with E-state index in [1.165, 1.54) is 39.3 Å². The highest BCUT2D eigenvalue weighted by Gasteiger charge is 2.35. The Balaban J connectivity index is 1.88. The summed E-state index contributed by atoms with van der Waals surface area (Å²) in [5, 5.41) is 5.50. The maximum absolute atomic E-state index is 5.01. The fourth-order valence-electron chi connectivity index (χ4n) is 2.95. The number of hydrogen-bond donors (Lipinski definition) is 1. The second kappa shape index (κ2) is 5.58. The molecule has 0 aromatic carbocycles. The van der Waals surface area contributed by atoms with Crippen LogP contribution < -0.4 is 5.32 Å². The molecule has 2 atom stereocenters. The Morgan fingerprint density at radius 3 is 2.84 bits per heavy atom. The van der Waals surface area contributed by atoms with E-state index in [1.807, 2.05) is 11.3 Å². The quantitative estimate of drug-likeness (QED) is 0.895. The van der Waals surface area contributed by atoms with Gasteiger partial charge in [0.2, 0.25) is 0 Å². The lowest BCUT2D eigenvalue weighted by Crippen LogP contribution is -2.30. The van der Waals surface area contributed by atoms with E-state index in [9.17, 15) is 0 Å². The Labute approximate surface area is 128 Å². The Bertz CT molecular complexity index is 450. The third kappa shape index (κ3) is 2.99. The number of nitrogens with one attached hydrogen (secondary N) is 1. The largest absolute Gasteiger partial charge is 0.312 e. The fourth-order valence-corrected chi connectivity index (χ4v) is 7.13. The van der Waals surface area contributed by atoms with Crippen molar-refractivity contribution in [3.05, 3.63) is 15.6 Å². The molecule has 106 valence electrons. The Morgan fingerprint density at radius 2 is 2.16 bits per heavy atom. The molecule has 19 heavy (non-hydrogen) atoms. The summed E-state index contributed by atoms with van der Waals surface area (Å²) in [6, 6.07) is 0.506. The summed E-state index contributed by atoms with van der Waals surface area (Å²) < 4.78 is 0. The highest BCUT2D eigenvalue weighted by atomic mass is 32.2. The van der Waals surface area contributed by atoms with Crippen molar-refractivity contribution in [1.29, 1.82) is 0 Å². The van der Waals surface area contributed by atoms with Gasteiger partial charge in [0.25, 0.3) is 0 Å². The molecule has 1 aliphatic carbocycles. The first-order chi connectivity index (χ1) is 9.09. The monoisotopic (exact) mass is 314 g/mol. The predicted molar refractivity (Wildman–Crippen MR) is 88.5 cm³/mol. The predicted octanol–water partition coefficient (Wildman–Crippen LogP) is 3.90. The molecule has 1 saturated heterocycles. The van der Waals surface area contributed by atoms with Crippen LogP contribution in [0.15, 0.2) is 0 Å². The zero-order valence-corrected chi connectivity index (χ0v) is 14.3. The van der Waals surface area contributed by atoms with Crippen LogP contribution in [0.25, 0.3) is 0 Å². The summed E-state index contributed by atoms with van der Waals surface area (Å²) in [5.74, 6) is 3.82. The van der Waals surface area contributed by atoms with Gasteiger partial charge in [-0.2, -0.15) is 11.8 Å². The van der Waals surface area contributed by atoms with Gasteiger partial charge in [-0.1, -0.05) is 13.8 Å². The summed E-state index contributed by atoms with van der Waals surface area (Å²) >= 11 is 6.14. The lowest BCUT2D eigenvalue weighted by atomic mass is 9.76. The summed E-state index contributed by atoms with van der Waals surface area (Å²) in [4.78, 5) is 6.52. The van der Waals surface area contributed by atoms with Crippen molar-refractivity contribution in [2.45, 2.75) is 38.0 Å². The van der Waals surface area contributed by atoms with Gasteiger partial charge in [0.05, 0.1) is 10.9 Å². The molecule has 1 aliphatic heterocycles. The minimum absolute atomic E-state index is 0.375. The average molecular weight is 315 g/mol. The minimum Gasteiger partial charge on any atom is -0.312 e. The standard InChI is InChI=1S/C14H22N2S3/c1-14(2)6-9(15-3)12-10(7-14)16-13(19-12)11-8-17-4-5-18-11/h9,11,15H,4-8H2,1-3H3. The van der Waals surface area contributed by atoms with Gasteiger partial charge in [-0.05, 0) is 25.3 Å². The van der Waals surface area contributed by atoms with Crippen molar-refractivity contribution >= 4 is 34.9 Å². The van der Waals surface area contributed by atoms with Crippen LogP contribution in [0.2, 0.25) is 0 Å². The average Bonchev–Trinajstić information content (AvgIpc) is 2.81. The number of rotatable bonds is 2. The number of aromatic nitrogens is 1. The van der Waals surface area contributed by atoms with Crippen LogP contribution in [0.3, 0.4) is 0 Å². The molecule has 1 aromatic heterocycles. The number of thioether (sulfide) groups is 2. The number of fused-ring (bicyclic) bond motifs is 1. The van der Waals surface area contributed by atoms with Gasteiger partial charge in [0.1, 0.15) is 5.01 Å². The van der Waals surface area contributed by atoms with Gasteiger partial charge in [0, 0.05) is 28.2 Å². The third-order valence-corrected chi connectivity index (χ3v) is 8.14. The van der Waals surface area contributed by atoms with Gasteiger partial charge in [-0.25, -0.2) is 4.98 Å². The number of hydrogen-bond acceptors (Lipinski definition) is 5. The van der Waals surface area contributed by atoms with Crippen LogP contribution in [0.1, 0.15) is 47.1 Å². The number of nitrogens with zero attached hydrogens (tertiary/aromatic N) is 1. The molecule has 0 radical (unpaired) electrons. The maximum atomic E-state index is 5.01. The molecular formula is C14H22N2S3. The first kappa shape index (κ1) is 14.2. The van der Waals surface area contributed by atoms with E-state index in [1.54, 1.807) is 0 Å². The first-order valence-electron chi connectivity index (χ1n) is 6.95. The molecule has 1 aromatic rings. The van der Waals surface area contributed by atoms with Crippen LogP contribution in [-0.4, -0.2) is 29.3 Å². The van der Waals surface area contributed by atoms with Crippen LogP contribution in [0.4, 0.5) is 0 Å². The van der Waals surface area contributed by atoms with E-state index < -0.39 is 0 Å². The van der Waals surface area contributed by atoms with Crippen molar-refractivity contribution in [2.24, 2.45) is 5.41 Å². The molecular weight excluding hydrogens is 292 g/mol. The summed E-state index contributed by atoms with van der Waals surface area (Å²) in [7, 11) is 2.08. The lowest BCUT2D eigenvalue weighted by molar-refractivity contribution is 0.265. The Morgan fingerprint density at radius 1 is 1.32 bits per heavy atom. The number of thiazole rings is 1. The molecule has 0 amide bonds. The zero-order valence-electron chi connectivity index (χ0n) is 11.9. The van der Waals surface area contributed by atoms with Crippen LogP contribution in [0, 0.1) is 5.41 Å². The molecule has 0 spiro atoms. The van der Waals surface area contributed by atoms with Crippen molar-refractivity contribution in [2.75, 3.05) is 24.3 Å². The Hall–Kier alpha value is 0.290. The lowest BCUT2D eigenvalue weighted by Gasteiger charge is -2.34. The zero-order chi connectivity index (χ0) is 13.5. The van der Waals surface area contributed by atoms with Gasteiger partial charge >= 0.3 is 0 Å². The molecule has 2 aliphatic rings. The van der Waals surface area contributed by atoms with Crippen LogP contribution in [0.5, 0.6) is 0 Å². The van der Waals surface area contributed by atoms with Gasteiger partial charge < -0.3 is 5.32 Å². The minimum atomic E-state index is 0.375. The van der Waals surface area contributed by atoms with Gasteiger partial charge in [-0.15, -0.1) is 23.1 Å². The smallest absolute Gasteiger partial charge is 0.107 e. The molecule has 2 unspecified atom stereocenters. The van der Waals surface area contributed by atoms with Crippen LogP contribution in [-0.2, 0) is 6.42 Å². The summed E-state index contributed by atoms with van der Waals surface area (Å²) in [6.45, 7) is 4.73. The van der Waals surface area contributed by atoms with E-state index in [2.05, 4.69) is 49.7 Å². The molecule has 0 saturated carbocycles. The second-order valence-electron chi connectivity index (χ2n) is 6.18. The topological polar surface area (TPSA) is 24.9 Å². The maximum Gasteiger partial charge on any atom is 0.107 e. The fraction of sp³-hybridized carbons (Fsp3) is 0.786. The molecule has 5 heteroatoms. The van der Waals surface area contributed by atoms with Crippen molar-refractivity contribution in [3.63, 3.8) is 0 Å². The molecule has 0 bridgehead atoms. The van der Waals surface area contributed by atoms with Crippen LogP contribution >= 0.6 is 34.9 Å². The Kier molecular flexibility index (Phi) is 4.18. The second-order valence-corrected chi connectivity index (χ2v) is 9.71. The third-order valence-electron chi connectivity index (χ3n) is 3.90. The van der Waals surface area contributed by atoms with Crippen molar-refractivity contribution in [3.8, 4) is 0 Å². The first-order valence-corrected chi connectivity index (χ1v) is 9.97. The summed E-state index contributed by atoms with van der Waals surface area (Å²) in [6.07, 6.45) is 2.37. The summed E-state index contributed by atoms with van der Waals surface area (Å²) in [5.41, 5.74) is 1.74. The van der Waals surface area contributed by atoms with Crippen molar-refractivity contribution < 1.29 is 0 Å². The SMILES string of the molecule is CNC1CC(C)(C)Cc2nc(C3CSCCS3)sc21. The molecule has 1 fully saturated rings. The van der Waals surface area contributed by atoms with Gasteiger partial charge in [0.15, 0.2) is 0 Å². The van der Waals surface area contributed by atoms with E-state index in [-0.39, 0.29) is 0 Å². The van der Waals surface area contributed by atoms with Gasteiger partial charge in [-0.3, -0.25) is 0 Å². The normalized spacial score (nSPS) is 30.1. The van der Waals surface area contributed by atoms with E-state index in [0.29, 0.717) is 16.7 Å². The molecule has 1 N–H and O–H groups in total. The van der Waals surface area contributed by atoms with E-state index in [0.717, 1.165) is 6.42 Å². The highest BCUT2D eigenvalue weighted by Crippen LogP contribution is 2.46. The molecule has 2 nitrogen and oxygen atoms in total. The molecule has 3 rings (SSSR count). The highest BCUT2D eigenvalue weighted by molar-refractivity contribution is 8.06.